The fourth-order valence-electron chi connectivity index (χ4n) is 7.56. The van der Waals surface area contributed by atoms with E-state index in [0.717, 1.165) is 70.4 Å². The van der Waals surface area contributed by atoms with Crippen molar-refractivity contribution >= 4 is 38.5 Å². The Bertz CT molecular complexity index is 1900. The third kappa shape index (κ3) is 7.48. The number of furan rings is 1. The summed E-state index contributed by atoms with van der Waals surface area (Å²) in [6.45, 7) is 10.2. The number of pyridine rings is 1. The number of hydrogen-bond acceptors (Lipinski definition) is 4. The molecule has 5 heteroatoms. The van der Waals surface area contributed by atoms with Crippen molar-refractivity contribution in [3.63, 3.8) is 0 Å². The first-order chi connectivity index (χ1) is 22.9. The van der Waals surface area contributed by atoms with Gasteiger partial charge >= 0.3 is 0 Å². The number of aromatic nitrogens is 1. The van der Waals surface area contributed by atoms with Crippen LogP contribution in [0.5, 0.6) is 0 Å². The maximum Gasteiger partial charge on any atom is 0.162 e. The number of allylic oxidation sites excluding steroid dienone is 2. The van der Waals surface area contributed by atoms with Gasteiger partial charge in [0.15, 0.2) is 5.78 Å². The molecule has 3 aromatic carbocycles. The molecule has 0 amide bonds. The summed E-state index contributed by atoms with van der Waals surface area (Å²) in [7, 11) is 0. The first-order valence-corrected chi connectivity index (χ1v) is 18.1. The molecular formula is C43H50IrNO3-. The standard InChI is InChI=1S/C30H26NO.C13H24O2.Ir/c1-18-14-25-22-8-4-5-9-28(22)32-30(25)26(15-18)29-23-13-12-21(19-6-2-3-7-19)16-24(23)27(17-31-29)20-10-11-20;1-5-10(6-2)12(14)9-13(15)11(7-3)8-4;/h4-5,8-9,12-14,16-17,19-20H,2-3,6-7,10-11H2,1H3;9-11,14H,5-8H2,1-4H3;/q-1;;/b;12-9-;. The number of aliphatic hydroxyl groups is 1. The number of fused-ring (bicyclic) bond motifs is 4. The zero-order chi connectivity index (χ0) is 33.1. The van der Waals surface area contributed by atoms with Crippen LogP contribution in [0.1, 0.15) is 120 Å². The second-order valence-electron chi connectivity index (χ2n) is 13.8. The molecule has 0 saturated heterocycles. The smallest absolute Gasteiger partial charge is 0.162 e. The molecule has 0 spiro atoms. The van der Waals surface area contributed by atoms with Crippen LogP contribution in [0.2, 0.25) is 0 Å². The first-order valence-electron chi connectivity index (χ1n) is 18.1. The number of aliphatic hydroxyl groups excluding tert-OH is 1. The van der Waals surface area contributed by atoms with Crippen molar-refractivity contribution in [2.24, 2.45) is 11.8 Å². The molecular weight excluding hydrogens is 771 g/mol. The van der Waals surface area contributed by atoms with E-state index in [4.69, 9.17) is 9.40 Å². The van der Waals surface area contributed by atoms with E-state index in [1.165, 1.54) is 66.5 Å². The summed E-state index contributed by atoms with van der Waals surface area (Å²) >= 11 is 0. The van der Waals surface area contributed by atoms with Crippen LogP contribution in [0.25, 0.3) is 44.0 Å². The number of para-hydroxylation sites is 1. The van der Waals surface area contributed by atoms with Crippen molar-refractivity contribution in [3.8, 4) is 11.3 Å². The topological polar surface area (TPSA) is 63.3 Å². The van der Waals surface area contributed by atoms with Crippen molar-refractivity contribution in [3.05, 3.63) is 89.3 Å². The van der Waals surface area contributed by atoms with Crippen molar-refractivity contribution in [1.82, 2.24) is 4.98 Å². The molecule has 0 unspecified atom stereocenters. The first kappa shape index (κ1) is 36.0. The molecule has 0 bridgehead atoms. The summed E-state index contributed by atoms with van der Waals surface area (Å²) in [5, 5.41) is 14.7. The molecule has 2 heterocycles. The van der Waals surface area contributed by atoms with Gasteiger partial charge < -0.3 is 14.5 Å². The molecule has 2 aliphatic rings. The van der Waals surface area contributed by atoms with E-state index >= 15 is 0 Å². The average Bonchev–Trinajstić information content (AvgIpc) is 3.64. The largest absolute Gasteiger partial charge is 0.512 e. The van der Waals surface area contributed by atoms with Crippen LogP contribution in [0.3, 0.4) is 0 Å². The van der Waals surface area contributed by atoms with Crippen LogP contribution in [0.15, 0.2) is 71.0 Å². The van der Waals surface area contributed by atoms with E-state index in [1.807, 2.05) is 39.8 Å². The molecule has 0 atom stereocenters. The second kappa shape index (κ2) is 16.0. The zero-order valence-electron chi connectivity index (χ0n) is 29.2. The van der Waals surface area contributed by atoms with Gasteiger partial charge in [-0.25, -0.2) is 0 Å². The number of ketones is 1. The van der Waals surface area contributed by atoms with Gasteiger partial charge in [-0.1, -0.05) is 94.8 Å². The Labute approximate surface area is 299 Å². The number of aryl methyl sites for hydroxylation is 1. The van der Waals surface area contributed by atoms with Crippen LogP contribution >= 0.6 is 0 Å². The average molecular weight is 821 g/mol. The molecule has 2 saturated carbocycles. The molecule has 0 aliphatic heterocycles. The summed E-state index contributed by atoms with van der Waals surface area (Å²) < 4.78 is 6.37. The number of hydrogen-bond donors (Lipinski definition) is 1. The van der Waals surface area contributed by atoms with Gasteiger partial charge in [0.05, 0.1) is 11.3 Å². The van der Waals surface area contributed by atoms with Crippen LogP contribution in [-0.2, 0) is 24.9 Å². The summed E-state index contributed by atoms with van der Waals surface area (Å²) in [6.07, 6.45) is 15.0. The zero-order valence-corrected chi connectivity index (χ0v) is 31.6. The molecule has 7 rings (SSSR count). The SMILES string of the molecule is CCC(CC)C(=O)/C=C(\O)C(CC)CC.Cc1[c-]c(-c2ncc(C3CC3)c3cc(C4CCCC4)ccc23)c2oc3ccccc3c2c1.[Ir]. The van der Waals surface area contributed by atoms with E-state index in [1.54, 1.807) is 0 Å². The molecule has 4 nitrogen and oxygen atoms in total. The molecule has 2 aliphatic carbocycles. The van der Waals surface area contributed by atoms with E-state index in [-0.39, 0.29) is 43.5 Å². The summed E-state index contributed by atoms with van der Waals surface area (Å²) in [5.74, 6) is 1.94. The Balaban J connectivity index is 0.000000243. The van der Waals surface area contributed by atoms with Crippen molar-refractivity contribution in [2.75, 3.05) is 0 Å². The van der Waals surface area contributed by atoms with Gasteiger partial charge in [-0.05, 0) is 96.9 Å². The van der Waals surface area contributed by atoms with Gasteiger partial charge in [0, 0.05) is 49.6 Å². The Morgan fingerprint density at radius 3 is 2.23 bits per heavy atom. The van der Waals surface area contributed by atoms with E-state index in [0.29, 0.717) is 5.92 Å². The van der Waals surface area contributed by atoms with Crippen LogP contribution in [0.4, 0.5) is 0 Å². The second-order valence-corrected chi connectivity index (χ2v) is 13.8. The maximum absolute atomic E-state index is 11.7. The summed E-state index contributed by atoms with van der Waals surface area (Å²) in [5.41, 5.74) is 7.85. The van der Waals surface area contributed by atoms with Gasteiger partial charge in [-0.2, -0.15) is 0 Å². The predicted molar refractivity (Wildman–Crippen MR) is 195 cm³/mol. The van der Waals surface area contributed by atoms with E-state index < -0.39 is 0 Å². The molecule has 1 radical (unpaired) electrons. The maximum atomic E-state index is 11.7. The summed E-state index contributed by atoms with van der Waals surface area (Å²) in [6, 6.07) is 21.2. The Hall–Kier alpha value is -3.27. The summed E-state index contributed by atoms with van der Waals surface area (Å²) in [4.78, 5) is 16.8. The minimum Gasteiger partial charge on any atom is -0.512 e. The monoisotopic (exact) mass is 821 g/mol. The third-order valence-electron chi connectivity index (χ3n) is 10.6. The Morgan fingerprint density at radius 1 is 0.875 bits per heavy atom. The van der Waals surface area contributed by atoms with Crippen LogP contribution < -0.4 is 0 Å². The molecule has 5 aromatic rings. The molecule has 48 heavy (non-hydrogen) atoms. The van der Waals surface area contributed by atoms with Gasteiger partial charge in [0.25, 0.3) is 0 Å². The minimum atomic E-state index is 0. The fourth-order valence-corrected chi connectivity index (χ4v) is 7.56. The third-order valence-corrected chi connectivity index (χ3v) is 10.6. The quantitative estimate of drug-likeness (QED) is 0.0866. The van der Waals surface area contributed by atoms with E-state index in [2.05, 4.69) is 55.6 Å². The Kier molecular flexibility index (Phi) is 12.0. The number of carbonyl (C=O) groups is 1. The number of rotatable bonds is 10. The van der Waals surface area contributed by atoms with Gasteiger partial charge in [-0.15, -0.1) is 17.7 Å². The van der Waals surface area contributed by atoms with Crippen molar-refractivity contribution in [2.45, 2.75) is 111 Å². The van der Waals surface area contributed by atoms with E-state index in [9.17, 15) is 9.90 Å². The molecule has 1 N–H and O–H groups in total. The Morgan fingerprint density at radius 2 is 1.56 bits per heavy atom. The molecule has 255 valence electrons. The molecule has 2 aromatic heterocycles. The van der Waals surface area contributed by atoms with Gasteiger partial charge in [0.1, 0.15) is 5.58 Å². The number of carbonyl (C=O) groups excluding carboxylic acids is 1. The van der Waals surface area contributed by atoms with Gasteiger partial charge in [-0.3, -0.25) is 4.79 Å². The van der Waals surface area contributed by atoms with Crippen LogP contribution in [0, 0.1) is 24.8 Å². The normalized spacial score (nSPS) is 15.4. The molecule has 2 fully saturated rings. The van der Waals surface area contributed by atoms with Crippen LogP contribution in [-0.4, -0.2) is 15.9 Å². The van der Waals surface area contributed by atoms with Gasteiger partial charge in [0.2, 0.25) is 0 Å². The minimum absolute atomic E-state index is 0. The fraction of sp³-hybridized carbons (Fsp3) is 0.442. The van der Waals surface area contributed by atoms with Crippen molar-refractivity contribution in [1.29, 1.82) is 0 Å². The predicted octanol–water partition coefficient (Wildman–Crippen LogP) is 12.3. The number of nitrogens with zero attached hydrogens (tertiary/aromatic N) is 1. The number of benzene rings is 3. The van der Waals surface area contributed by atoms with Crippen molar-refractivity contribution < 1.29 is 34.4 Å².